The summed E-state index contributed by atoms with van der Waals surface area (Å²) in [4.78, 5) is 14.6. The minimum atomic E-state index is 0.179. The first-order chi connectivity index (χ1) is 10.2. The molecular weight excluding hydrogens is 260 g/mol. The van der Waals surface area contributed by atoms with Crippen molar-refractivity contribution in [2.45, 2.75) is 19.3 Å². The van der Waals surface area contributed by atoms with Crippen molar-refractivity contribution in [2.24, 2.45) is 0 Å². The minimum Gasteiger partial charge on any atom is -0.399 e. The van der Waals surface area contributed by atoms with Crippen LogP contribution in [0, 0.1) is 0 Å². The molecule has 1 aliphatic heterocycles. The molecule has 0 aromatic heterocycles. The van der Waals surface area contributed by atoms with Gasteiger partial charge in [-0.25, -0.2) is 0 Å². The molecule has 3 rings (SSSR count). The predicted molar refractivity (Wildman–Crippen MR) is 86.8 cm³/mol. The third kappa shape index (κ3) is 3.07. The van der Waals surface area contributed by atoms with Gasteiger partial charge in [0.05, 0.1) is 0 Å². The third-order valence-electron chi connectivity index (χ3n) is 4.05. The van der Waals surface area contributed by atoms with Gasteiger partial charge in [0, 0.05) is 36.4 Å². The lowest BCUT2D eigenvalue weighted by atomic mass is 10.0. The number of benzene rings is 2. The van der Waals surface area contributed by atoms with E-state index in [-0.39, 0.29) is 5.78 Å². The van der Waals surface area contributed by atoms with E-state index in [0.717, 1.165) is 31.5 Å². The largest absolute Gasteiger partial charge is 0.399 e. The summed E-state index contributed by atoms with van der Waals surface area (Å²) in [6.45, 7) is 1.81. The number of Topliss-reactive ketones (excluding diaryl/α,β-unsaturated/α-hetero) is 1. The standard InChI is InChI=1S/C18H20N2O/c19-16-9-7-15(8-10-16)18(21)11-13-20-12-3-5-14-4-1-2-6-17(14)20/h1-2,4,6-10H,3,5,11-13,19H2. The second kappa shape index (κ2) is 6.00. The van der Waals surface area contributed by atoms with Crippen LogP contribution in [-0.4, -0.2) is 18.9 Å². The lowest BCUT2D eigenvalue weighted by Gasteiger charge is -2.31. The van der Waals surface area contributed by atoms with Crippen molar-refractivity contribution < 1.29 is 4.79 Å². The molecule has 21 heavy (non-hydrogen) atoms. The van der Waals surface area contributed by atoms with Crippen molar-refractivity contribution in [2.75, 3.05) is 23.7 Å². The number of carbonyl (C=O) groups is 1. The second-order valence-electron chi connectivity index (χ2n) is 5.51. The van der Waals surface area contributed by atoms with Crippen molar-refractivity contribution in [1.29, 1.82) is 0 Å². The highest BCUT2D eigenvalue weighted by molar-refractivity contribution is 5.96. The van der Waals surface area contributed by atoms with E-state index < -0.39 is 0 Å². The molecule has 0 unspecified atom stereocenters. The van der Waals surface area contributed by atoms with Crippen LogP contribution in [0.1, 0.15) is 28.8 Å². The molecule has 1 aliphatic rings. The van der Waals surface area contributed by atoms with Gasteiger partial charge < -0.3 is 10.6 Å². The number of anilines is 2. The molecule has 0 amide bonds. The molecule has 2 N–H and O–H groups in total. The van der Waals surface area contributed by atoms with Crippen LogP contribution in [0.5, 0.6) is 0 Å². The van der Waals surface area contributed by atoms with Gasteiger partial charge in [-0.15, -0.1) is 0 Å². The van der Waals surface area contributed by atoms with E-state index in [1.54, 1.807) is 12.1 Å². The molecule has 2 aromatic carbocycles. The van der Waals surface area contributed by atoms with Gasteiger partial charge in [-0.05, 0) is 48.7 Å². The highest BCUT2D eigenvalue weighted by Gasteiger charge is 2.17. The Morgan fingerprint density at radius 1 is 1.10 bits per heavy atom. The molecule has 1 heterocycles. The average molecular weight is 280 g/mol. The van der Waals surface area contributed by atoms with Crippen LogP contribution in [0.2, 0.25) is 0 Å². The monoisotopic (exact) mass is 280 g/mol. The third-order valence-corrected chi connectivity index (χ3v) is 4.05. The van der Waals surface area contributed by atoms with Gasteiger partial charge in [-0.3, -0.25) is 4.79 Å². The lowest BCUT2D eigenvalue weighted by Crippen LogP contribution is -2.31. The van der Waals surface area contributed by atoms with Gasteiger partial charge in [0.25, 0.3) is 0 Å². The van der Waals surface area contributed by atoms with Crippen molar-refractivity contribution in [3.8, 4) is 0 Å². The van der Waals surface area contributed by atoms with Gasteiger partial charge >= 0.3 is 0 Å². The molecule has 0 atom stereocenters. The fraction of sp³-hybridized carbons (Fsp3) is 0.278. The van der Waals surface area contributed by atoms with Crippen LogP contribution in [0.15, 0.2) is 48.5 Å². The van der Waals surface area contributed by atoms with Crippen LogP contribution in [-0.2, 0) is 6.42 Å². The van der Waals surface area contributed by atoms with E-state index in [1.165, 1.54) is 11.3 Å². The first-order valence-electron chi connectivity index (χ1n) is 7.45. The zero-order valence-corrected chi connectivity index (χ0v) is 12.1. The number of hydrogen-bond acceptors (Lipinski definition) is 3. The van der Waals surface area contributed by atoms with Gasteiger partial charge in [0.15, 0.2) is 5.78 Å². The molecule has 2 aromatic rings. The number of fused-ring (bicyclic) bond motifs is 1. The van der Waals surface area contributed by atoms with Crippen molar-refractivity contribution in [3.05, 3.63) is 59.7 Å². The fourth-order valence-corrected chi connectivity index (χ4v) is 2.89. The molecule has 0 saturated heterocycles. The lowest BCUT2D eigenvalue weighted by molar-refractivity contribution is 0.0984. The van der Waals surface area contributed by atoms with E-state index in [2.05, 4.69) is 29.2 Å². The summed E-state index contributed by atoms with van der Waals surface area (Å²) in [5.41, 5.74) is 9.77. The van der Waals surface area contributed by atoms with Crippen LogP contribution in [0.25, 0.3) is 0 Å². The fourth-order valence-electron chi connectivity index (χ4n) is 2.89. The number of ketones is 1. The molecule has 0 aliphatic carbocycles. The summed E-state index contributed by atoms with van der Waals surface area (Å²) in [7, 11) is 0. The highest BCUT2D eigenvalue weighted by atomic mass is 16.1. The first kappa shape index (κ1) is 13.7. The summed E-state index contributed by atoms with van der Waals surface area (Å²) in [6.07, 6.45) is 2.84. The van der Waals surface area contributed by atoms with E-state index in [1.807, 2.05) is 12.1 Å². The summed E-state index contributed by atoms with van der Waals surface area (Å²) in [6, 6.07) is 15.7. The van der Waals surface area contributed by atoms with E-state index in [4.69, 9.17) is 5.73 Å². The SMILES string of the molecule is Nc1ccc(C(=O)CCN2CCCc3ccccc32)cc1. The maximum atomic E-state index is 12.2. The van der Waals surface area contributed by atoms with E-state index >= 15 is 0 Å². The number of aryl methyl sites for hydroxylation is 1. The molecule has 0 bridgehead atoms. The highest BCUT2D eigenvalue weighted by Crippen LogP contribution is 2.26. The quantitative estimate of drug-likeness (QED) is 0.690. The summed E-state index contributed by atoms with van der Waals surface area (Å²) in [5.74, 6) is 0.179. The van der Waals surface area contributed by atoms with Crippen molar-refractivity contribution in [3.63, 3.8) is 0 Å². The van der Waals surface area contributed by atoms with Crippen LogP contribution in [0.4, 0.5) is 11.4 Å². The number of nitrogen functional groups attached to an aromatic ring is 1. The normalized spacial score (nSPS) is 13.8. The topological polar surface area (TPSA) is 46.3 Å². The van der Waals surface area contributed by atoms with Crippen molar-refractivity contribution >= 4 is 17.2 Å². The molecule has 0 spiro atoms. The number of carbonyl (C=O) groups excluding carboxylic acids is 1. The Morgan fingerprint density at radius 2 is 1.86 bits per heavy atom. The summed E-state index contributed by atoms with van der Waals surface area (Å²) in [5, 5.41) is 0. The number of rotatable bonds is 4. The van der Waals surface area contributed by atoms with E-state index in [9.17, 15) is 4.79 Å². The smallest absolute Gasteiger partial charge is 0.164 e. The number of nitrogens with zero attached hydrogens (tertiary/aromatic N) is 1. The number of para-hydroxylation sites is 1. The summed E-state index contributed by atoms with van der Waals surface area (Å²) >= 11 is 0. The van der Waals surface area contributed by atoms with E-state index in [0.29, 0.717) is 12.1 Å². The van der Waals surface area contributed by atoms with Gasteiger partial charge in [0.2, 0.25) is 0 Å². The molecule has 0 radical (unpaired) electrons. The summed E-state index contributed by atoms with van der Waals surface area (Å²) < 4.78 is 0. The molecule has 108 valence electrons. The van der Waals surface area contributed by atoms with Crippen LogP contribution >= 0.6 is 0 Å². The number of hydrogen-bond donors (Lipinski definition) is 1. The Hall–Kier alpha value is -2.29. The molecule has 0 fully saturated rings. The average Bonchev–Trinajstić information content (AvgIpc) is 2.53. The Morgan fingerprint density at radius 3 is 2.67 bits per heavy atom. The Balaban J connectivity index is 1.66. The van der Waals surface area contributed by atoms with Gasteiger partial charge in [-0.1, -0.05) is 18.2 Å². The van der Waals surface area contributed by atoms with Crippen LogP contribution in [0.3, 0.4) is 0 Å². The van der Waals surface area contributed by atoms with Crippen LogP contribution < -0.4 is 10.6 Å². The number of nitrogens with two attached hydrogens (primary N) is 1. The van der Waals surface area contributed by atoms with Crippen molar-refractivity contribution in [1.82, 2.24) is 0 Å². The Bertz CT molecular complexity index is 634. The minimum absolute atomic E-state index is 0.179. The molecule has 3 nitrogen and oxygen atoms in total. The molecule has 0 saturated carbocycles. The zero-order chi connectivity index (χ0) is 14.7. The second-order valence-corrected chi connectivity index (χ2v) is 5.51. The van der Waals surface area contributed by atoms with Gasteiger partial charge in [-0.2, -0.15) is 0 Å². The molecular formula is C18H20N2O. The first-order valence-corrected chi connectivity index (χ1v) is 7.45. The Labute approximate surface area is 125 Å². The van der Waals surface area contributed by atoms with Gasteiger partial charge in [0.1, 0.15) is 0 Å². The molecule has 3 heteroatoms. The Kier molecular flexibility index (Phi) is 3.91. The maximum Gasteiger partial charge on any atom is 0.164 e. The maximum absolute atomic E-state index is 12.2. The predicted octanol–water partition coefficient (Wildman–Crippen LogP) is 3.29. The zero-order valence-electron chi connectivity index (χ0n) is 12.1.